The van der Waals surface area contributed by atoms with Gasteiger partial charge in [-0.25, -0.2) is 0 Å². The molecule has 0 fully saturated rings. The molecule has 0 bridgehead atoms. The molecule has 1 heteroatoms. The second kappa shape index (κ2) is 8.72. The van der Waals surface area contributed by atoms with Gasteiger partial charge < -0.3 is 4.42 Å². The normalized spacial score (nSPS) is 14.8. The average molecular weight is 506 g/mol. The number of furan rings is 1. The molecule has 0 saturated carbocycles. The molecule has 1 aromatic heterocycles. The van der Waals surface area contributed by atoms with Crippen LogP contribution in [0.15, 0.2) is 150 Å². The van der Waals surface area contributed by atoms with E-state index in [2.05, 4.69) is 0 Å². The molecular formula is C38H24O. The van der Waals surface area contributed by atoms with Crippen molar-refractivity contribution in [3.8, 4) is 33.4 Å². The first-order valence-corrected chi connectivity index (χ1v) is 12.6. The van der Waals surface area contributed by atoms with Crippen molar-refractivity contribution < 1.29 is 16.8 Å². The van der Waals surface area contributed by atoms with Crippen LogP contribution in [-0.4, -0.2) is 0 Å². The third kappa shape index (κ3) is 3.34. The van der Waals surface area contributed by atoms with E-state index in [0.29, 0.717) is 39.3 Å². The number of para-hydroxylation sites is 1. The van der Waals surface area contributed by atoms with Gasteiger partial charge in [0, 0.05) is 10.8 Å². The Hall–Kier alpha value is -5.14. The topological polar surface area (TPSA) is 13.1 Å². The smallest absolute Gasteiger partial charge is 0.136 e. The van der Waals surface area contributed by atoms with E-state index in [9.17, 15) is 5.48 Å². The molecule has 0 aliphatic rings. The van der Waals surface area contributed by atoms with Gasteiger partial charge in [-0.2, -0.15) is 0 Å². The summed E-state index contributed by atoms with van der Waals surface area (Å²) in [6.45, 7) is 0. The molecule has 0 radical (unpaired) electrons. The predicted molar refractivity (Wildman–Crippen MR) is 165 cm³/mol. The maximum atomic E-state index is 9.32. The lowest BCUT2D eigenvalue weighted by Crippen LogP contribution is -1.93. The van der Waals surface area contributed by atoms with Crippen LogP contribution in [0.3, 0.4) is 0 Å². The van der Waals surface area contributed by atoms with Crippen molar-refractivity contribution in [2.45, 2.75) is 0 Å². The Morgan fingerprint density at radius 1 is 0.410 bits per heavy atom. The van der Waals surface area contributed by atoms with Crippen LogP contribution in [0, 0.1) is 0 Å². The van der Waals surface area contributed by atoms with E-state index in [-0.39, 0.29) is 56.8 Å². The van der Waals surface area contributed by atoms with E-state index < -0.39 is 24.2 Å². The minimum absolute atomic E-state index is 0.141. The van der Waals surface area contributed by atoms with Crippen molar-refractivity contribution in [1.29, 1.82) is 0 Å². The van der Waals surface area contributed by atoms with Crippen LogP contribution in [0.4, 0.5) is 0 Å². The zero-order valence-corrected chi connectivity index (χ0v) is 20.6. The Kier molecular flexibility index (Phi) is 3.29. The molecule has 0 aliphatic carbocycles. The molecule has 7 aromatic carbocycles. The standard InChI is InChI=1S/C38H24O/c1-2-13-25(14-3-1)26-15-4-5-16-27(26)36-28-17-6-8-19-30(28)37(31-20-9-7-18-29(31)36)33-22-12-24-35-38(33)32-21-10-11-23-34(32)39-35/h1-24H/i1D,6D,7D,8D,9D,17D,18D,19D,20D. The van der Waals surface area contributed by atoms with Gasteiger partial charge in [0.15, 0.2) is 0 Å². The molecule has 8 aromatic rings. The minimum Gasteiger partial charge on any atom is -0.456 e. The number of hydrogen-bond acceptors (Lipinski definition) is 1. The van der Waals surface area contributed by atoms with E-state index in [1.54, 1.807) is 54.6 Å². The maximum Gasteiger partial charge on any atom is 0.136 e. The number of hydrogen-bond donors (Lipinski definition) is 0. The largest absolute Gasteiger partial charge is 0.456 e. The van der Waals surface area contributed by atoms with E-state index in [1.165, 1.54) is 0 Å². The zero-order chi connectivity index (χ0) is 33.6. The van der Waals surface area contributed by atoms with Crippen molar-refractivity contribution in [2.24, 2.45) is 0 Å². The highest BCUT2D eigenvalue weighted by Gasteiger charge is 2.21. The van der Waals surface area contributed by atoms with Crippen molar-refractivity contribution in [3.63, 3.8) is 0 Å². The van der Waals surface area contributed by atoms with Gasteiger partial charge in [0.1, 0.15) is 11.2 Å². The third-order valence-electron chi connectivity index (χ3n) is 7.27. The monoisotopic (exact) mass is 505 g/mol. The fourth-order valence-electron chi connectivity index (χ4n) is 5.67. The van der Waals surface area contributed by atoms with Crippen LogP contribution in [-0.2, 0) is 0 Å². The highest BCUT2D eigenvalue weighted by Crippen LogP contribution is 2.48. The molecular weight excluding hydrogens is 472 g/mol. The fraction of sp³-hybridized carbons (Fsp3) is 0. The first-order chi connectivity index (χ1) is 23.1. The fourth-order valence-corrected chi connectivity index (χ4v) is 5.67. The highest BCUT2D eigenvalue weighted by molar-refractivity contribution is 6.26. The number of rotatable bonds is 3. The summed E-state index contributed by atoms with van der Waals surface area (Å²) in [5, 5.41) is 1.99. The van der Waals surface area contributed by atoms with Crippen LogP contribution in [0.25, 0.3) is 76.9 Å². The van der Waals surface area contributed by atoms with Gasteiger partial charge in [0.25, 0.3) is 0 Å². The predicted octanol–water partition coefficient (Wildman–Crippen LogP) is 10.9. The Balaban J connectivity index is 1.70. The molecule has 0 amide bonds. The van der Waals surface area contributed by atoms with E-state index in [4.69, 9.17) is 11.3 Å². The summed E-state index contributed by atoms with van der Waals surface area (Å²) < 4.78 is 86.5. The molecule has 0 unspecified atom stereocenters. The summed E-state index contributed by atoms with van der Waals surface area (Å²) in [5.74, 6) is 0. The molecule has 1 heterocycles. The summed E-state index contributed by atoms with van der Waals surface area (Å²) in [7, 11) is 0. The van der Waals surface area contributed by atoms with Crippen LogP contribution >= 0.6 is 0 Å². The van der Waals surface area contributed by atoms with Crippen LogP contribution in [0.5, 0.6) is 0 Å². The molecule has 0 atom stereocenters. The van der Waals surface area contributed by atoms with Gasteiger partial charge in [0.05, 0.1) is 12.3 Å². The van der Waals surface area contributed by atoms with Crippen LogP contribution in [0.1, 0.15) is 12.3 Å². The summed E-state index contributed by atoms with van der Waals surface area (Å²) in [6.07, 6.45) is 0. The Morgan fingerprint density at radius 2 is 0.949 bits per heavy atom. The number of fused-ring (bicyclic) bond motifs is 5. The molecule has 182 valence electrons. The lowest BCUT2D eigenvalue weighted by molar-refractivity contribution is 0.669. The SMILES string of the molecule is [2H]c1ccc(-c2ccccc2-c2c3c([2H])c([2H])c([2H])c([2H])c3c(-c3cccc4oc5ccccc5c34)c3c([2H])c([2H])c([2H])c([2H])c23)cc1. The van der Waals surface area contributed by atoms with Gasteiger partial charge in [-0.3, -0.25) is 0 Å². The van der Waals surface area contributed by atoms with E-state index in [0.717, 1.165) is 10.9 Å². The first kappa shape index (κ1) is 14.7. The van der Waals surface area contributed by atoms with E-state index >= 15 is 0 Å². The quantitative estimate of drug-likeness (QED) is 0.218. The molecule has 8 rings (SSSR count). The number of benzene rings is 7. The Bertz CT molecular complexity index is 2580. The van der Waals surface area contributed by atoms with Crippen molar-refractivity contribution in [1.82, 2.24) is 0 Å². The highest BCUT2D eigenvalue weighted by atomic mass is 16.3. The minimum atomic E-state index is -0.456. The van der Waals surface area contributed by atoms with E-state index in [1.807, 2.05) is 36.4 Å². The van der Waals surface area contributed by atoms with Crippen molar-refractivity contribution in [3.05, 3.63) is 145 Å². The molecule has 0 saturated heterocycles. The molecule has 0 spiro atoms. The Labute approximate surface area is 239 Å². The first-order valence-electron chi connectivity index (χ1n) is 17.1. The molecule has 39 heavy (non-hydrogen) atoms. The van der Waals surface area contributed by atoms with Gasteiger partial charge in [0.2, 0.25) is 0 Å². The molecule has 1 nitrogen and oxygen atoms in total. The summed E-state index contributed by atoms with van der Waals surface area (Å²) in [6, 6.07) is 24.2. The lowest BCUT2D eigenvalue weighted by atomic mass is 9.83. The van der Waals surface area contributed by atoms with Gasteiger partial charge in [-0.15, -0.1) is 0 Å². The zero-order valence-electron chi connectivity index (χ0n) is 29.6. The molecule has 0 N–H and O–H groups in total. The van der Waals surface area contributed by atoms with Crippen LogP contribution < -0.4 is 0 Å². The third-order valence-corrected chi connectivity index (χ3v) is 7.27. The summed E-state index contributed by atoms with van der Waals surface area (Å²) in [5.41, 5.74) is 4.16. The maximum absolute atomic E-state index is 9.32. The average Bonchev–Trinajstić information content (AvgIpc) is 3.49. The second-order valence-corrected chi connectivity index (χ2v) is 9.36. The van der Waals surface area contributed by atoms with Crippen molar-refractivity contribution >= 4 is 43.5 Å². The lowest BCUT2D eigenvalue weighted by Gasteiger charge is -2.20. The van der Waals surface area contributed by atoms with Crippen molar-refractivity contribution in [2.75, 3.05) is 0 Å². The summed E-state index contributed by atoms with van der Waals surface area (Å²) in [4.78, 5) is 0. The summed E-state index contributed by atoms with van der Waals surface area (Å²) >= 11 is 0. The second-order valence-electron chi connectivity index (χ2n) is 9.36. The molecule has 0 aliphatic heterocycles. The van der Waals surface area contributed by atoms with Gasteiger partial charge >= 0.3 is 0 Å². The van der Waals surface area contributed by atoms with Crippen LogP contribution in [0.2, 0.25) is 0 Å². The van der Waals surface area contributed by atoms with Gasteiger partial charge in [-0.05, 0) is 67.1 Å². The van der Waals surface area contributed by atoms with Gasteiger partial charge in [-0.1, -0.05) is 133 Å². The Morgan fingerprint density at radius 3 is 1.64 bits per heavy atom.